The minimum Gasteiger partial charge on any atom is -0.444 e. The molecule has 0 spiro atoms. The van der Waals surface area contributed by atoms with E-state index < -0.39 is 11.4 Å². The molecule has 0 atom stereocenters. The summed E-state index contributed by atoms with van der Waals surface area (Å²) in [7, 11) is 0. The van der Waals surface area contributed by atoms with E-state index in [1.165, 1.54) is 0 Å². The first-order valence-electron chi connectivity index (χ1n) is 8.61. The molecule has 0 aromatic carbocycles. The fraction of sp³-hybridized carbons (Fsp3) is 0.706. The van der Waals surface area contributed by atoms with Crippen LogP contribution in [0.1, 0.15) is 46.5 Å². The van der Waals surface area contributed by atoms with Gasteiger partial charge in [0.2, 0.25) is 5.95 Å². The first kappa shape index (κ1) is 19.7. The minimum atomic E-state index is -0.620. The monoisotopic (exact) mass is 372 g/mol. The zero-order valence-electron chi connectivity index (χ0n) is 14.9. The Bertz CT molecular complexity index is 587. The number of aromatic nitrogens is 2. The Kier molecular flexibility index (Phi) is 6.81. The number of amides is 1. The van der Waals surface area contributed by atoms with Crippen LogP contribution >= 0.6 is 11.6 Å². The van der Waals surface area contributed by atoms with Crippen molar-refractivity contribution in [1.82, 2.24) is 15.3 Å². The van der Waals surface area contributed by atoms with Crippen LogP contribution in [0.15, 0.2) is 6.20 Å². The molecule has 1 saturated carbocycles. The highest BCUT2D eigenvalue weighted by molar-refractivity contribution is 6.29. The zero-order valence-corrected chi connectivity index (χ0v) is 15.7. The van der Waals surface area contributed by atoms with Gasteiger partial charge in [-0.15, -0.1) is 0 Å². The Morgan fingerprint density at radius 1 is 1.28 bits per heavy atom. The summed E-state index contributed by atoms with van der Waals surface area (Å²) in [6, 6.07) is 0. The molecule has 140 valence electrons. The molecule has 1 heterocycles. The lowest BCUT2D eigenvalue weighted by molar-refractivity contribution is 0.0513. The molecule has 0 aliphatic heterocycles. The number of anilines is 1. The van der Waals surface area contributed by atoms with Gasteiger partial charge in [-0.05, 0) is 58.3 Å². The van der Waals surface area contributed by atoms with Crippen molar-refractivity contribution in [1.29, 1.82) is 0 Å². The quantitative estimate of drug-likeness (QED) is 0.763. The van der Waals surface area contributed by atoms with Crippen molar-refractivity contribution in [2.75, 3.05) is 18.4 Å². The van der Waals surface area contributed by atoms with Crippen molar-refractivity contribution in [3.63, 3.8) is 0 Å². The molecule has 1 amide bonds. The van der Waals surface area contributed by atoms with Gasteiger partial charge in [-0.2, -0.15) is 4.98 Å². The molecule has 1 aliphatic rings. The first-order valence-corrected chi connectivity index (χ1v) is 8.99. The molecule has 0 radical (unpaired) electrons. The average molecular weight is 373 g/mol. The minimum absolute atomic E-state index is 0.172. The highest BCUT2D eigenvalue weighted by atomic mass is 35.5. The largest absolute Gasteiger partial charge is 0.444 e. The SMILES string of the molecule is CC(C)(C)OC(=O)NCC1CCC(CNc2ncc(F)c(Cl)n2)CC1. The summed E-state index contributed by atoms with van der Waals surface area (Å²) in [6.07, 6.45) is 4.92. The number of hydrogen-bond acceptors (Lipinski definition) is 5. The normalized spacial score (nSPS) is 20.8. The average Bonchev–Trinajstić information content (AvgIpc) is 2.53. The van der Waals surface area contributed by atoms with E-state index in [2.05, 4.69) is 20.6 Å². The van der Waals surface area contributed by atoms with Crippen molar-refractivity contribution < 1.29 is 13.9 Å². The molecule has 0 unspecified atom stereocenters. The lowest BCUT2D eigenvalue weighted by Gasteiger charge is -2.29. The van der Waals surface area contributed by atoms with Crippen LogP contribution in [0.4, 0.5) is 15.1 Å². The van der Waals surface area contributed by atoms with E-state index in [9.17, 15) is 9.18 Å². The van der Waals surface area contributed by atoms with E-state index in [0.717, 1.165) is 38.4 Å². The summed E-state index contributed by atoms with van der Waals surface area (Å²) in [6.45, 7) is 6.92. The van der Waals surface area contributed by atoms with Crippen LogP contribution in [0.25, 0.3) is 0 Å². The third kappa shape index (κ3) is 7.02. The van der Waals surface area contributed by atoms with Crippen molar-refractivity contribution in [3.05, 3.63) is 17.2 Å². The number of ether oxygens (including phenoxy) is 1. The molecular formula is C17H26ClFN4O2. The van der Waals surface area contributed by atoms with Crippen molar-refractivity contribution in [2.24, 2.45) is 11.8 Å². The topological polar surface area (TPSA) is 76.1 Å². The van der Waals surface area contributed by atoms with Crippen LogP contribution < -0.4 is 10.6 Å². The van der Waals surface area contributed by atoms with Crippen molar-refractivity contribution in [2.45, 2.75) is 52.1 Å². The van der Waals surface area contributed by atoms with E-state index in [0.29, 0.717) is 24.3 Å². The van der Waals surface area contributed by atoms with Gasteiger partial charge in [0.1, 0.15) is 5.60 Å². The summed E-state index contributed by atoms with van der Waals surface area (Å²) < 4.78 is 18.3. The van der Waals surface area contributed by atoms with Crippen LogP contribution in [0.2, 0.25) is 5.15 Å². The van der Waals surface area contributed by atoms with Crippen molar-refractivity contribution in [3.8, 4) is 0 Å². The smallest absolute Gasteiger partial charge is 0.407 e. The Labute approximate surface area is 152 Å². The Balaban J connectivity index is 1.66. The molecule has 0 saturated heterocycles. The van der Waals surface area contributed by atoms with E-state index in [4.69, 9.17) is 16.3 Å². The van der Waals surface area contributed by atoms with Gasteiger partial charge < -0.3 is 15.4 Å². The summed E-state index contributed by atoms with van der Waals surface area (Å²) in [4.78, 5) is 19.4. The molecule has 1 aromatic rings. The fourth-order valence-electron chi connectivity index (χ4n) is 2.85. The molecule has 8 heteroatoms. The van der Waals surface area contributed by atoms with Gasteiger partial charge in [-0.3, -0.25) is 0 Å². The molecule has 2 N–H and O–H groups in total. The molecule has 6 nitrogen and oxygen atoms in total. The standard InChI is InChI=1S/C17H26ClFN4O2/c1-17(2,3)25-16(24)22-9-12-6-4-11(5-7-12)8-20-15-21-10-13(19)14(18)23-15/h10-12H,4-9H2,1-3H3,(H,22,24)(H,20,21,23). The van der Waals surface area contributed by atoms with E-state index in [1.807, 2.05) is 20.8 Å². The number of halogens is 2. The number of carbonyl (C=O) groups excluding carboxylic acids is 1. The first-order chi connectivity index (χ1) is 11.7. The lowest BCUT2D eigenvalue weighted by Crippen LogP contribution is -2.36. The van der Waals surface area contributed by atoms with E-state index in [1.54, 1.807) is 0 Å². The highest BCUT2D eigenvalue weighted by Crippen LogP contribution is 2.28. The van der Waals surface area contributed by atoms with E-state index >= 15 is 0 Å². The third-order valence-electron chi connectivity index (χ3n) is 4.15. The van der Waals surface area contributed by atoms with Gasteiger partial charge in [0.15, 0.2) is 11.0 Å². The summed E-state index contributed by atoms with van der Waals surface area (Å²) in [5.41, 5.74) is -0.473. The highest BCUT2D eigenvalue weighted by Gasteiger charge is 2.23. The number of hydrogen-bond donors (Lipinski definition) is 2. The van der Waals surface area contributed by atoms with Gasteiger partial charge >= 0.3 is 6.09 Å². The molecule has 2 rings (SSSR count). The van der Waals surface area contributed by atoms with Crippen LogP contribution in [0, 0.1) is 17.7 Å². The molecule has 1 aliphatic carbocycles. The Hall–Kier alpha value is -1.63. The second kappa shape index (κ2) is 8.65. The summed E-state index contributed by atoms with van der Waals surface area (Å²) in [5, 5.41) is 5.78. The number of carbonyl (C=O) groups is 1. The Morgan fingerprint density at radius 2 is 1.88 bits per heavy atom. The van der Waals surface area contributed by atoms with Crippen LogP contribution in [-0.2, 0) is 4.74 Å². The Morgan fingerprint density at radius 3 is 2.44 bits per heavy atom. The number of nitrogens with one attached hydrogen (secondary N) is 2. The molecule has 1 fully saturated rings. The van der Waals surface area contributed by atoms with Gasteiger partial charge in [0, 0.05) is 13.1 Å². The van der Waals surface area contributed by atoms with E-state index in [-0.39, 0.29) is 11.2 Å². The molecular weight excluding hydrogens is 347 g/mol. The van der Waals surface area contributed by atoms with Crippen LogP contribution in [0.3, 0.4) is 0 Å². The zero-order chi connectivity index (χ0) is 18.4. The summed E-state index contributed by atoms with van der Waals surface area (Å²) in [5.74, 6) is 0.704. The number of nitrogens with zero attached hydrogens (tertiary/aromatic N) is 2. The third-order valence-corrected chi connectivity index (χ3v) is 4.42. The fourth-order valence-corrected chi connectivity index (χ4v) is 2.98. The van der Waals surface area contributed by atoms with Crippen LogP contribution in [-0.4, -0.2) is 34.8 Å². The summed E-state index contributed by atoms with van der Waals surface area (Å²) >= 11 is 5.64. The second-order valence-electron chi connectivity index (χ2n) is 7.48. The molecule has 25 heavy (non-hydrogen) atoms. The van der Waals surface area contributed by atoms with Gasteiger partial charge in [0.25, 0.3) is 0 Å². The lowest BCUT2D eigenvalue weighted by atomic mass is 9.82. The number of rotatable bonds is 5. The van der Waals surface area contributed by atoms with Gasteiger partial charge in [-0.25, -0.2) is 14.2 Å². The van der Waals surface area contributed by atoms with Gasteiger partial charge in [0.05, 0.1) is 6.20 Å². The predicted molar refractivity (Wildman–Crippen MR) is 95.2 cm³/mol. The van der Waals surface area contributed by atoms with Gasteiger partial charge in [-0.1, -0.05) is 11.6 Å². The number of alkyl carbamates (subject to hydrolysis) is 1. The maximum absolute atomic E-state index is 13.0. The van der Waals surface area contributed by atoms with Crippen molar-refractivity contribution >= 4 is 23.6 Å². The maximum atomic E-state index is 13.0. The second-order valence-corrected chi connectivity index (χ2v) is 7.84. The van der Waals surface area contributed by atoms with Crippen LogP contribution in [0.5, 0.6) is 0 Å². The maximum Gasteiger partial charge on any atom is 0.407 e. The predicted octanol–water partition coefficient (Wildman–Crippen LogP) is 4.01. The molecule has 1 aromatic heterocycles. The molecule has 0 bridgehead atoms.